The first-order chi connectivity index (χ1) is 8.24. The number of rotatable bonds is 2. The molecule has 1 fully saturated rings. The minimum absolute atomic E-state index is 0.0988. The smallest absolute Gasteiger partial charge is 0.124 e. The SMILES string of the molecule is Cc1cccc(C)c1C(C#N)N1CCNCC1. The fourth-order valence-electron chi connectivity index (χ4n) is 2.53. The van der Waals surface area contributed by atoms with Crippen LogP contribution in [0.1, 0.15) is 22.7 Å². The minimum Gasteiger partial charge on any atom is -0.314 e. The van der Waals surface area contributed by atoms with E-state index >= 15 is 0 Å². The van der Waals surface area contributed by atoms with E-state index in [4.69, 9.17) is 0 Å². The number of nitrogens with one attached hydrogen (secondary N) is 1. The van der Waals surface area contributed by atoms with Gasteiger partial charge in [-0.2, -0.15) is 5.26 Å². The average molecular weight is 229 g/mol. The first kappa shape index (κ1) is 12.1. The highest BCUT2D eigenvalue weighted by atomic mass is 15.2. The molecule has 0 radical (unpaired) electrons. The van der Waals surface area contributed by atoms with Crippen molar-refractivity contribution >= 4 is 0 Å². The summed E-state index contributed by atoms with van der Waals surface area (Å²) in [6, 6.07) is 8.61. The van der Waals surface area contributed by atoms with Crippen LogP contribution >= 0.6 is 0 Å². The van der Waals surface area contributed by atoms with Gasteiger partial charge in [0.15, 0.2) is 0 Å². The Bertz CT molecular complexity index is 407. The summed E-state index contributed by atoms with van der Waals surface area (Å²) in [5, 5.41) is 12.8. The first-order valence-electron chi connectivity index (χ1n) is 6.14. The lowest BCUT2D eigenvalue weighted by molar-refractivity contribution is 0.206. The van der Waals surface area contributed by atoms with Gasteiger partial charge in [0.25, 0.3) is 0 Å². The Labute approximate surface area is 103 Å². The van der Waals surface area contributed by atoms with Gasteiger partial charge in [-0.1, -0.05) is 18.2 Å². The number of piperazine rings is 1. The zero-order valence-electron chi connectivity index (χ0n) is 10.5. The van der Waals surface area contributed by atoms with Crippen molar-refractivity contribution in [1.29, 1.82) is 5.26 Å². The number of aryl methyl sites for hydroxylation is 2. The van der Waals surface area contributed by atoms with Crippen LogP contribution in [0.4, 0.5) is 0 Å². The second-order valence-corrected chi connectivity index (χ2v) is 4.62. The summed E-state index contributed by atoms with van der Waals surface area (Å²) in [6.07, 6.45) is 0. The molecule has 0 saturated carbocycles. The van der Waals surface area contributed by atoms with Gasteiger partial charge in [-0.3, -0.25) is 4.90 Å². The Morgan fingerprint density at radius 1 is 1.24 bits per heavy atom. The third-order valence-corrected chi connectivity index (χ3v) is 3.45. The van der Waals surface area contributed by atoms with E-state index in [0.29, 0.717) is 0 Å². The third-order valence-electron chi connectivity index (χ3n) is 3.45. The van der Waals surface area contributed by atoms with Crippen LogP contribution in [0.5, 0.6) is 0 Å². The van der Waals surface area contributed by atoms with Crippen LogP contribution in [0.2, 0.25) is 0 Å². The molecular formula is C14H19N3. The lowest BCUT2D eigenvalue weighted by Gasteiger charge is -2.32. The summed E-state index contributed by atoms with van der Waals surface area (Å²) in [5.41, 5.74) is 3.63. The summed E-state index contributed by atoms with van der Waals surface area (Å²) in [5.74, 6) is 0. The molecule has 3 heteroatoms. The van der Waals surface area contributed by atoms with Crippen molar-refractivity contribution in [3.8, 4) is 6.07 Å². The van der Waals surface area contributed by atoms with Crippen LogP contribution in [0.15, 0.2) is 18.2 Å². The average Bonchev–Trinajstić information content (AvgIpc) is 2.35. The maximum absolute atomic E-state index is 9.47. The lowest BCUT2D eigenvalue weighted by Crippen LogP contribution is -2.45. The number of nitrogens with zero attached hydrogens (tertiary/aromatic N) is 2. The fraction of sp³-hybridized carbons (Fsp3) is 0.500. The zero-order valence-corrected chi connectivity index (χ0v) is 10.5. The molecule has 0 aromatic heterocycles. The van der Waals surface area contributed by atoms with Gasteiger partial charge in [0.1, 0.15) is 6.04 Å². The van der Waals surface area contributed by atoms with Gasteiger partial charge in [0, 0.05) is 26.2 Å². The third kappa shape index (κ3) is 2.49. The van der Waals surface area contributed by atoms with Gasteiger partial charge in [-0.15, -0.1) is 0 Å². The van der Waals surface area contributed by atoms with Gasteiger partial charge in [-0.05, 0) is 30.5 Å². The van der Waals surface area contributed by atoms with Crippen molar-refractivity contribution < 1.29 is 0 Å². The number of nitriles is 1. The second kappa shape index (κ2) is 5.31. The lowest BCUT2D eigenvalue weighted by atomic mass is 9.95. The summed E-state index contributed by atoms with van der Waals surface area (Å²) in [7, 11) is 0. The number of hydrogen-bond acceptors (Lipinski definition) is 3. The van der Waals surface area contributed by atoms with Gasteiger partial charge < -0.3 is 5.32 Å². The summed E-state index contributed by atoms with van der Waals surface area (Å²) in [6.45, 7) is 8.04. The highest BCUT2D eigenvalue weighted by Gasteiger charge is 2.24. The number of hydrogen-bond donors (Lipinski definition) is 1. The zero-order chi connectivity index (χ0) is 12.3. The van der Waals surface area contributed by atoms with Gasteiger partial charge in [-0.25, -0.2) is 0 Å². The Hall–Kier alpha value is -1.37. The van der Waals surface area contributed by atoms with E-state index < -0.39 is 0 Å². The molecule has 1 N–H and O–H groups in total. The van der Waals surface area contributed by atoms with Gasteiger partial charge >= 0.3 is 0 Å². The predicted molar refractivity (Wildman–Crippen MR) is 68.7 cm³/mol. The second-order valence-electron chi connectivity index (χ2n) is 4.62. The molecule has 0 spiro atoms. The van der Waals surface area contributed by atoms with Crippen LogP contribution < -0.4 is 5.32 Å². The van der Waals surface area contributed by atoms with Crippen LogP contribution in [-0.4, -0.2) is 31.1 Å². The molecule has 1 atom stereocenters. The first-order valence-corrected chi connectivity index (χ1v) is 6.14. The monoisotopic (exact) mass is 229 g/mol. The van der Waals surface area contributed by atoms with Crippen LogP contribution in [0.3, 0.4) is 0 Å². The van der Waals surface area contributed by atoms with Crippen molar-refractivity contribution in [2.24, 2.45) is 0 Å². The largest absolute Gasteiger partial charge is 0.314 e. The van der Waals surface area contributed by atoms with Crippen molar-refractivity contribution in [3.05, 3.63) is 34.9 Å². The summed E-state index contributed by atoms with van der Waals surface area (Å²) < 4.78 is 0. The van der Waals surface area contributed by atoms with E-state index in [0.717, 1.165) is 26.2 Å². The van der Waals surface area contributed by atoms with Crippen molar-refractivity contribution in [2.75, 3.05) is 26.2 Å². The maximum Gasteiger partial charge on any atom is 0.124 e. The molecule has 1 aromatic carbocycles. The summed E-state index contributed by atoms with van der Waals surface area (Å²) in [4.78, 5) is 2.27. The van der Waals surface area contributed by atoms with Crippen LogP contribution in [0, 0.1) is 25.2 Å². The van der Waals surface area contributed by atoms with Crippen molar-refractivity contribution in [2.45, 2.75) is 19.9 Å². The molecular weight excluding hydrogens is 210 g/mol. The molecule has 3 nitrogen and oxygen atoms in total. The van der Waals surface area contributed by atoms with E-state index in [2.05, 4.69) is 48.3 Å². The van der Waals surface area contributed by atoms with E-state index in [9.17, 15) is 5.26 Å². The molecule has 17 heavy (non-hydrogen) atoms. The fourth-order valence-corrected chi connectivity index (χ4v) is 2.53. The highest BCUT2D eigenvalue weighted by Crippen LogP contribution is 2.26. The molecule has 1 aromatic rings. The van der Waals surface area contributed by atoms with Gasteiger partial charge in [0.2, 0.25) is 0 Å². The molecule has 90 valence electrons. The normalized spacial score (nSPS) is 18.6. The predicted octanol–water partition coefficient (Wildman–Crippen LogP) is 1.77. The highest BCUT2D eigenvalue weighted by molar-refractivity contribution is 5.39. The molecule has 0 aliphatic carbocycles. The minimum atomic E-state index is -0.0988. The van der Waals surface area contributed by atoms with Crippen molar-refractivity contribution in [3.63, 3.8) is 0 Å². The molecule has 2 rings (SSSR count). The Morgan fingerprint density at radius 3 is 2.35 bits per heavy atom. The standard InChI is InChI=1S/C14H19N3/c1-11-4-3-5-12(2)14(11)13(10-15)17-8-6-16-7-9-17/h3-5,13,16H,6-9H2,1-2H3. The van der Waals surface area contributed by atoms with Crippen LogP contribution in [0.25, 0.3) is 0 Å². The Morgan fingerprint density at radius 2 is 1.82 bits per heavy atom. The molecule has 1 saturated heterocycles. The van der Waals surface area contributed by atoms with E-state index in [1.807, 2.05) is 0 Å². The summed E-state index contributed by atoms with van der Waals surface area (Å²) >= 11 is 0. The molecule has 0 bridgehead atoms. The maximum atomic E-state index is 9.47. The molecule has 0 amide bonds. The van der Waals surface area contributed by atoms with Crippen molar-refractivity contribution in [1.82, 2.24) is 10.2 Å². The topological polar surface area (TPSA) is 39.1 Å². The van der Waals surface area contributed by atoms with E-state index in [1.54, 1.807) is 0 Å². The molecule has 1 aliphatic heterocycles. The molecule has 1 aliphatic rings. The van der Waals surface area contributed by atoms with Gasteiger partial charge in [0.05, 0.1) is 6.07 Å². The van der Waals surface area contributed by atoms with E-state index in [-0.39, 0.29) is 6.04 Å². The Balaban J connectivity index is 2.32. The number of benzene rings is 1. The molecule has 1 unspecified atom stereocenters. The van der Waals surface area contributed by atoms with Crippen LogP contribution in [-0.2, 0) is 0 Å². The quantitative estimate of drug-likeness (QED) is 0.840. The Kier molecular flexibility index (Phi) is 3.78. The van der Waals surface area contributed by atoms with E-state index in [1.165, 1.54) is 16.7 Å². The molecule has 1 heterocycles.